The molecule has 0 aromatic heterocycles. The normalized spacial score (nSPS) is 15.2. The highest BCUT2D eigenvalue weighted by Gasteiger charge is 2.34. The van der Waals surface area contributed by atoms with E-state index < -0.39 is 10.0 Å². The number of nitrogens with zero attached hydrogens (tertiary/aromatic N) is 1. The van der Waals surface area contributed by atoms with Crippen molar-refractivity contribution in [1.29, 1.82) is 0 Å². The number of amides is 1. The lowest BCUT2D eigenvalue weighted by molar-refractivity contribution is -0.121. The van der Waals surface area contributed by atoms with Crippen LogP contribution in [0.1, 0.15) is 26.7 Å². The van der Waals surface area contributed by atoms with Crippen LogP contribution in [-0.4, -0.2) is 27.4 Å². The van der Waals surface area contributed by atoms with Gasteiger partial charge in [0, 0.05) is 24.9 Å². The summed E-state index contributed by atoms with van der Waals surface area (Å²) in [6, 6.07) is 10.9. The lowest BCUT2D eigenvalue weighted by Crippen LogP contribution is -2.31. The molecule has 0 radical (unpaired) electrons. The van der Waals surface area contributed by atoms with E-state index in [1.165, 1.54) is 4.31 Å². The van der Waals surface area contributed by atoms with Crippen LogP contribution in [-0.2, 0) is 14.8 Å². The molecule has 0 bridgehead atoms. The summed E-state index contributed by atoms with van der Waals surface area (Å²) in [6.07, 6.45) is 0.818. The first-order chi connectivity index (χ1) is 11.4. The zero-order chi connectivity index (χ0) is 17.3. The van der Waals surface area contributed by atoms with Gasteiger partial charge in [0.25, 0.3) is 10.0 Å². The van der Waals surface area contributed by atoms with Crippen molar-refractivity contribution in [2.75, 3.05) is 17.4 Å². The Morgan fingerprint density at radius 3 is 2.58 bits per heavy atom. The van der Waals surface area contributed by atoms with Gasteiger partial charge in [0.05, 0.1) is 10.6 Å². The van der Waals surface area contributed by atoms with E-state index in [4.69, 9.17) is 0 Å². The molecule has 24 heavy (non-hydrogen) atoms. The summed E-state index contributed by atoms with van der Waals surface area (Å²) < 4.78 is 27.0. The molecule has 1 N–H and O–H groups in total. The van der Waals surface area contributed by atoms with Crippen LogP contribution in [0, 0.1) is 5.92 Å². The molecule has 2 aromatic rings. The quantitative estimate of drug-likeness (QED) is 0.874. The third-order valence-corrected chi connectivity index (χ3v) is 6.01. The van der Waals surface area contributed by atoms with E-state index in [1.54, 1.807) is 12.1 Å². The molecule has 0 atom stereocenters. The number of benzene rings is 2. The van der Waals surface area contributed by atoms with E-state index in [9.17, 15) is 13.2 Å². The Balaban J connectivity index is 1.74. The predicted octanol–water partition coefficient (Wildman–Crippen LogP) is 2.90. The molecule has 0 saturated heterocycles. The second-order valence-electron chi connectivity index (χ2n) is 6.51. The monoisotopic (exact) mass is 346 g/mol. The molecular formula is C18H22N2O3S. The number of carbonyl (C=O) groups excluding carboxylic acids is 1. The second-order valence-corrected chi connectivity index (χ2v) is 8.34. The largest absolute Gasteiger partial charge is 0.356 e. The SMILES string of the molecule is CC(C)CNC(=O)CCCN1c2cccc3cccc(c23)S1(=O)=O. The molecule has 5 nitrogen and oxygen atoms in total. The van der Waals surface area contributed by atoms with E-state index in [-0.39, 0.29) is 5.91 Å². The topological polar surface area (TPSA) is 66.5 Å². The van der Waals surface area contributed by atoms with Gasteiger partial charge in [-0.25, -0.2) is 8.42 Å². The lowest BCUT2D eigenvalue weighted by atomic mass is 10.1. The van der Waals surface area contributed by atoms with E-state index in [2.05, 4.69) is 5.32 Å². The minimum absolute atomic E-state index is 0.0315. The average molecular weight is 346 g/mol. The van der Waals surface area contributed by atoms with Crippen molar-refractivity contribution in [2.45, 2.75) is 31.6 Å². The van der Waals surface area contributed by atoms with Crippen molar-refractivity contribution in [3.05, 3.63) is 36.4 Å². The molecule has 0 unspecified atom stereocenters. The summed E-state index contributed by atoms with van der Waals surface area (Å²) in [6.45, 7) is 5.03. The third kappa shape index (κ3) is 2.98. The Morgan fingerprint density at radius 2 is 1.88 bits per heavy atom. The maximum absolute atomic E-state index is 12.8. The van der Waals surface area contributed by atoms with Gasteiger partial charge in [0.1, 0.15) is 0 Å². The lowest BCUT2D eigenvalue weighted by Gasteiger charge is -2.18. The molecular weight excluding hydrogens is 324 g/mol. The van der Waals surface area contributed by atoms with Gasteiger partial charge in [-0.1, -0.05) is 38.1 Å². The van der Waals surface area contributed by atoms with E-state index in [1.807, 2.05) is 38.1 Å². The molecule has 1 aliphatic rings. The Bertz CT molecular complexity index is 870. The number of rotatable bonds is 6. The molecule has 0 fully saturated rings. The minimum Gasteiger partial charge on any atom is -0.356 e. The summed E-state index contributed by atoms with van der Waals surface area (Å²) in [5.41, 5.74) is 0.714. The third-order valence-electron chi connectivity index (χ3n) is 4.15. The summed E-state index contributed by atoms with van der Waals surface area (Å²) in [5.74, 6) is 0.371. The number of hydrogen-bond donors (Lipinski definition) is 1. The smallest absolute Gasteiger partial charge is 0.265 e. The summed E-state index contributed by atoms with van der Waals surface area (Å²) in [7, 11) is -3.52. The Labute approximate surface area is 142 Å². The van der Waals surface area contributed by atoms with Crippen LogP contribution in [0.3, 0.4) is 0 Å². The molecule has 3 rings (SSSR count). The Kier molecular flexibility index (Phi) is 4.49. The van der Waals surface area contributed by atoms with Crippen molar-refractivity contribution in [2.24, 2.45) is 5.92 Å². The van der Waals surface area contributed by atoms with E-state index in [0.717, 1.165) is 10.8 Å². The van der Waals surface area contributed by atoms with Gasteiger partial charge < -0.3 is 5.32 Å². The molecule has 6 heteroatoms. The van der Waals surface area contributed by atoms with Crippen molar-refractivity contribution in [1.82, 2.24) is 5.32 Å². The first kappa shape index (κ1) is 16.8. The summed E-state index contributed by atoms with van der Waals surface area (Å²) in [4.78, 5) is 12.2. The highest BCUT2D eigenvalue weighted by atomic mass is 32.2. The van der Waals surface area contributed by atoms with Crippen LogP contribution >= 0.6 is 0 Å². The maximum atomic E-state index is 12.8. The minimum atomic E-state index is -3.52. The fourth-order valence-corrected chi connectivity index (χ4v) is 4.74. The second kappa shape index (κ2) is 6.43. The first-order valence-electron chi connectivity index (χ1n) is 8.22. The Hall–Kier alpha value is -2.08. The van der Waals surface area contributed by atoms with Crippen LogP contribution in [0.15, 0.2) is 41.3 Å². The Morgan fingerprint density at radius 1 is 1.17 bits per heavy atom. The van der Waals surface area contributed by atoms with Crippen LogP contribution in [0.5, 0.6) is 0 Å². The van der Waals surface area contributed by atoms with Crippen LogP contribution in [0.25, 0.3) is 10.8 Å². The molecule has 0 spiro atoms. The average Bonchev–Trinajstić information content (AvgIpc) is 2.76. The van der Waals surface area contributed by atoms with Gasteiger partial charge in [-0.3, -0.25) is 9.10 Å². The predicted molar refractivity (Wildman–Crippen MR) is 95.6 cm³/mol. The van der Waals surface area contributed by atoms with Crippen molar-refractivity contribution in [3.8, 4) is 0 Å². The fourth-order valence-electron chi connectivity index (χ4n) is 2.99. The van der Waals surface area contributed by atoms with E-state index in [0.29, 0.717) is 42.4 Å². The number of anilines is 1. The highest BCUT2D eigenvalue weighted by molar-refractivity contribution is 7.93. The fraction of sp³-hybridized carbons (Fsp3) is 0.389. The zero-order valence-electron chi connectivity index (χ0n) is 14.0. The van der Waals surface area contributed by atoms with Gasteiger partial charge in [0.2, 0.25) is 5.91 Å². The number of nitrogens with one attached hydrogen (secondary N) is 1. The molecule has 1 amide bonds. The zero-order valence-corrected chi connectivity index (χ0v) is 14.8. The highest BCUT2D eigenvalue weighted by Crippen LogP contribution is 2.41. The molecule has 128 valence electrons. The van der Waals surface area contributed by atoms with Gasteiger partial charge in [-0.05, 0) is 29.9 Å². The van der Waals surface area contributed by atoms with Crippen molar-refractivity contribution >= 4 is 32.4 Å². The van der Waals surface area contributed by atoms with Crippen LogP contribution in [0.2, 0.25) is 0 Å². The van der Waals surface area contributed by atoms with Gasteiger partial charge >= 0.3 is 0 Å². The van der Waals surface area contributed by atoms with Crippen molar-refractivity contribution in [3.63, 3.8) is 0 Å². The standard InChI is InChI=1S/C18H22N2O3S/c1-13(2)12-19-17(21)10-5-11-20-15-8-3-6-14-7-4-9-16(18(14)15)24(20,22)23/h3-4,6-9,13H,5,10-12H2,1-2H3,(H,19,21). The number of hydrogen-bond acceptors (Lipinski definition) is 3. The van der Waals surface area contributed by atoms with Crippen LogP contribution < -0.4 is 9.62 Å². The summed E-state index contributed by atoms with van der Waals surface area (Å²) in [5, 5.41) is 4.56. The van der Waals surface area contributed by atoms with E-state index >= 15 is 0 Å². The van der Waals surface area contributed by atoms with Gasteiger partial charge in [0.15, 0.2) is 0 Å². The molecule has 0 aliphatic carbocycles. The molecule has 1 heterocycles. The molecule has 0 saturated carbocycles. The van der Waals surface area contributed by atoms with Crippen LogP contribution in [0.4, 0.5) is 5.69 Å². The number of carbonyl (C=O) groups is 1. The first-order valence-corrected chi connectivity index (χ1v) is 9.66. The maximum Gasteiger partial charge on any atom is 0.265 e. The van der Waals surface area contributed by atoms with Crippen molar-refractivity contribution < 1.29 is 13.2 Å². The molecule has 1 aliphatic heterocycles. The number of sulfonamides is 1. The summed E-state index contributed by atoms with van der Waals surface area (Å²) >= 11 is 0. The van der Waals surface area contributed by atoms with Gasteiger partial charge in [-0.15, -0.1) is 0 Å². The molecule has 2 aromatic carbocycles. The van der Waals surface area contributed by atoms with Gasteiger partial charge in [-0.2, -0.15) is 0 Å².